The topological polar surface area (TPSA) is 92.7 Å². The van der Waals surface area contributed by atoms with E-state index < -0.39 is 0 Å². The minimum Gasteiger partial charge on any atom is -0.356 e. The predicted octanol–water partition coefficient (Wildman–Crippen LogP) is 2.11. The van der Waals surface area contributed by atoms with E-state index in [2.05, 4.69) is 20.4 Å². The fourth-order valence-corrected chi connectivity index (χ4v) is 2.11. The molecular weight excluding hydrogens is 294 g/mol. The first-order chi connectivity index (χ1) is 11.1. The van der Waals surface area contributed by atoms with Crippen LogP contribution in [0.5, 0.6) is 0 Å². The summed E-state index contributed by atoms with van der Waals surface area (Å²) in [6.45, 7) is 2.02. The molecule has 1 amide bonds. The fourth-order valence-electron chi connectivity index (χ4n) is 2.11. The third-order valence-electron chi connectivity index (χ3n) is 3.28. The maximum atomic E-state index is 12.1. The zero-order chi connectivity index (χ0) is 16.2. The van der Waals surface area contributed by atoms with Gasteiger partial charge in [0.25, 0.3) is 5.91 Å². The van der Waals surface area contributed by atoms with Crippen LogP contribution in [0.2, 0.25) is 0 Å². The number of pyridine rings is 1. The summed E-state index contributed by atoms with van der Waals surface area (Å²) in [6, 6.07) is 7.04. The maximum Gasteiger partial charge on any atom is 0.273 e. The van der Waals surface area contributed by atoms with Crippen LogP contribution >= 0.6 is 0 Å². The van der Waals surface area contributed by atoms with E-state index in [4.69, 9.17) is 0 Å². The van der Waals surface area contributed by atoms with Crippen LogP contribution in [0.25, 0.3) is 0 Å². The maximum absolute atomic E-state index is 12.1. The van der Waals surface area contributed by atoms with Gasteiger partial charge in [0, 0.05) is 36.4 Å². The smallest absolute Gasteiger partial charge is 0.273 e. The number of hydrogen-bond acceptors (Lipinski definition) is 4. The average molecular weight is 309 g/mol. The molecule has 3 aromatic heterocycles. The van der Waals surface area contributed by atoms with Gasteiger partial charge in [0.1, 0.15) is 5.69 Å². The Morgan fingerprint density at radius 2 is 2.22 bits per heavy atom. The Labute approximate surface area is 132 Å². The zero-order valence-corrected chi connectivity index (χ0v) is 12.5. The van der Waals surface area contributed by atoms with E-state index >= 15 is 0 Å². The number of carbonyl (C=O) groups excluding carboxylic acids is 2. The molecule has 7 heteroatoms. The molecule has 0 fully saturated rings. The molecule has 2 N–H and O–H groups in total. The number of aromatic amines is 1. The third-order valence-corrected chi connectivity index (χ3v) is 3.28. The molecule has 0 aliphatic rings. The summed E-state index contributed by atoms with van der Waals surface area (Å²) in [4.78, 5) is 30.2. The lowest BCUT2D eigenvalue weighted by atomic mass is 10.2. The molecule has 0 saturated heterocycles. The number of aromatic nitrogens is 4. The third kappa shape index (κ3) is 3.52. The molecule has 3 rings (SSSR count). The van der Waals surface area contributed by atoms with Gasteiger partial charge in [0.2, 0.25) is 0 Å². The van der Waals surface area contributed by atoms with Gasteiger partial charge < -0.3 is 10.3 Å². The Kier molecular flexibility index (Phi) is 4.01. The number of rotatable bonds is 5. The molecule has 3 heterocycles. The molecule has 0 aromatic carbocycles. The number of hydrogen-bond donors (Lipinski definition) is 2. The van der Waals surface area contributed by atoms with Crippen molar-refractivity contribution in [3.63, 3.8) is 0 Å². The first-order valence-corrected chi connectivity index (χ1v) is 7.05. The zero-order valence-electron chi connectivity index (χ0n) is 12.5. The number of Topliss-reactive ketones (excluding diaryl/α,β-unsaturated/α-hetero) is 1. The quantitative estimate of drug-likeness (QED) is 0.706. The van der Waals surface area contributed by atoms with Gasteiger partial charge in [0.15, 0.2) is 11.6 Å². The molecule has 0 unspecified atom stereocenters. The van der Waals surface area contributed by atoms with Gasteiger partial charge >= 0.3 is 0 Å². The molecule has 0 saturated carbocycles. The van der Waals surface area contributed by atoms with Crippen molar-refractivity contribution in [2.24, 2.45) is 0 Å². The highest BCUT2D eigenvalue weighted by Crippen LogP contribution is 2.09. The number of nitrogens with one attached hydrogen (secondary N) is 2. The minimum absolute atomic E-state index is 0.0963. The van der Waals surface area contributed by atoms with Crippen molar-refractivity contribution >= 4 is 17.5 Å². The summed E-state index contributed by atoms with van der Waals surface area (Å²) >= 11 is 0. The van der Waals surface area contributed by atoms with Gasteiger partial charge in [-0.15, -0.1) is 0 Å². The van der Waals surface area contributed by atoms with Crippen LogP contribution < -0.4 is 5.32 Å². The van der Waals surface area contributed by atoms with Gasteiger partial charge in [-0.1, -0.05) is 6.07 Å². The normalized spacial score (nSPS) is 10.5. The second kappa shape index (κ2) is 6.27. The van der Waals surface area contributed by atoms with Crippen molar-refractivity contribution in [2.75, 3.05) is 5.32 Å². The Balaban J connectivity index is 1.66. The molecule has 3 aromatic rings. The number of nitrogens with zero attached hydrogens (tertiary/aromatic N) is 3. The molecular formula is C16H15N5O2. The van der Waals surface area contributed by atoms with Gasteiger partial charge in [-0.05, 0) is 24.6 Å². The van der Waals surface area contributed by atoms with E-state index in [-0.39, 0.29) is 11.7 Å². The molecule has 0 radical (unpaired) electrons. The highest BCUT2D eigenvalue weighted by atomic mass is 16.2. The molecule has 0 bridgehead atoms. The van der Waals surface area contributed by atoms with Crippen LogP contribution in [-0.2, 0) is 6.54 Å². The summed E-state index contributed by atoms with van der Waals surface area (Å²) in [5.74, 6) is 0.00282. The molecule has 0 aliphatic heterocycles. The molecule has 0 atom stereocenters. The first kappa shape index (κ1) is 14.7. The van der Waals surface area contributed by atoms with Crippen LogP contribution in [0.4, 0.5) is 5.82 Å². The van der Waals surface area contributed by atoms with Gasteiger partial charge in [-0.2, -0.15) is 5.10 Å². The monoisotopic (exact) mass is 309 g/mol. The average Bonchev–Trinajstić information content (AvgIpc) is 3.18. The lowest BCUT2D eigenvalue weighted by Crippen LogP contribution is -2.13. The summed E-state index contributed by atoms with van der Waals surface area (Å²) in [6.07, 6.45) is 6.77. The number of ketones is 1. The lowest BCUT2D eigenvalue weighted by molar-refractivity contribution is 0.101. The van der Waals surface area contributed by atoms with E-state index in [1.807, 2.05) is 12.1 Å². The number of carbonyl (C=O) groups is 2. The highest BCUT2D eigenvalue weighted by Gasteiger charge is 2.12. The molecule has 116 valence electrons. The molecule has 0 aliphatic carbocycles. The van der Waals surface area contributed by atoms with E-state index in [1.54, 1.807) is 29.3 Å². The van der Waals surface area contributed by atoms with E-state index in [0.717, 1.165) is 5.56 Å². The second-order valence-corrected chi connectivity index (χ2v) is 5.07. The minimum atomic E-state index is -0.343. The van der Waals surface area contributed by atoms with Crippen LogP contribution in [0.3, 0.4) is 0 Å². The van der Waals surface area contributed by atoms with Crippen molar-refractivity contribution in [2.45, 2.75) is 13.5 Å². The molecule has 0 spiro atoms. The SMILES string of the molecule is CC(=O)c1c[nH]c(C(=O)Nc2ccn(Cc3cccnc3)n2)c1. The Hall–Kier alpha value is -3.22. The second-order valence-electron chi connectivity index (χ2n) is 5.07. The standard InChI is InChI=1S/C16H15N5O2/c1-11(22)13-7-14(18-9-13)16(23)19-15-4-6-21(20-15)10-12-3-2-5-17-8-12/h2-9,18H,10H2,1H3,(H,19,20,23). The Morgan fingerprint density at radius 1 is 1.35 bits per heavy atom. The highest BCUT2D eigenvalue weighted by molar-refractivity contribution is 6.04. The summed E-state index contributed by atoms with van der Waals surface area (Å²) in [5, 5.41) is 6.98. The predicted molar refractivity (Wildman–Crippen MR) is 84.3 cm³/mol. The van der Waals surface area contributed by atoms with Crippen LogP contribution in [-0.4, -0.2) is 31.4 Å². The number of H-pyrrole nitrogens is 1. The van der Waals surface area contributed by atoms with Crippen LogP contribution in [0.1, 0.15) is 33.3 Å². The van der Waals surface area contributed by atoms with Crippen LogP contribution in [0, 0.1) is 0 Å². The van der Waals surface area contributed by atoms with Gasteiger partial charge in [0.05, 0.1) is 6.54 Å². The van der Waals surface area contributed by atoms with Gasteiger partial charge in [-0.3, -0.25) is 19.3 Å². The van der Waals surface area contributed by atoms with Crippen molar-refractivity contribution < 1.29 is 9.59 Å². The number of anilines is 1. The van der Waals surface area contributed by atoms with Crippen molar-refractivity contribution in [1.29, 1.82) is 0 Å². The lowest BCUT2D eigenvalue weighted by Gasteiger charge is -2.01. The van der Waals surface area contributed by atoms with E-state index in [9.17, 15) is 9.59 Å². The Morgan fingerprint density at radius 3 is 2.91 bits per heavy atom. The van der Waals surface area contributed by atoms with Crippen molar-refractivity contribution in [3.8, 4) is 0 Å². The Bertz CT molecular complexity index is 835. The summed E-state index contributed by atoms with van der Waals surface area (Å²) in [7, 11) is 0. The largest absolute Gasteiger partial charge is 0.356 e. The molecule has 23 heavy (non-hydrogen) atoms. The van der Waals surface area contributed by atoms with Crippen molar-refractivity contribution in [1.82, 2.24) is 19.7 Å². The van der Waals surface area contributed by atoms with E-state index in [0.29, 0.717) is 23.6 Å². The number of amides is 1. The van der Waals surface area contributed by atoms with Crippen molar-refractivity contribution in [3.05, 3.63) is 65.9 Å². The van der Waals surface area contributed by atoms with Gasteiger partial charge in [-0.25, -0.2) is 0 Å². The van der Waals surface area contributed by atoms with E-state index in [1.165, 1.54) is 19.2 Å². The fraction of sp³-hybridized carbons (Fsp3) is 0.125. The first-order valence-electron chi connectivity index (χ1n) is 7.05. The summed E-state index contributed by atoms with van der Waals surface area (Å²) < 4.78 is 1.71. The van der Waals surface area contributed by atoms with Crippen LogP contribution in [0.15, 0.2) is 49.1 Å². The molecule has 7 nitrogen and oxygen atoms in total. The summed E-state index contributed by atoms with van der Waals surface area (Å²) in [5.41, 5.74) is 1.80.